The number of halogens is 8. The maximum absolute atomic E-state index is 12.7. The fourth-order valence-corrected chi connectivity index (χ4v) is 1.39. The smallest absolute Gasteiger partial charge is 0.310 e. The summed E-state index contributed by atoms with van der Waals surface area (Å²) >= 11 is -1.13. The molecular weight excluding hydrogens is 272 g/mol. The van der Waals surface area contributed by atoms with Gasteiger partial charge in [0, 0.05) is 0 Å². The monoisotopic (exact) mass is 278 g/mol. The molecule has 0 amide bonds. The second-order valence-electron chi connectivity index (χ2n) is 2.57. The Bertz CT molecular complexity index is 208. The summed E-state index contributed by atoms with van der Waals surface area (Å²) in [6.45, 7) is 0.710. The molecule has 0 saturated heterocycles. The van der Waals surface area contributed by atoms with E-state index in [0.717, 1.165) is 6.92 Å². The number of alkyl halides is 8. The van der Waals surface area contributed by atoms with Crippen LogP contribution in [-0.4, -0.2) is 24.2 Å². The molecule has 98 valence electrons. The number of hydrogen-bond acceptors (Lipinski definition) is 2. The van der Waals surface area contributed by atoms with E-state index in [-0.39, 0.29) is 0 Å². The summed E-state index contributed by atoms with van der Waals surface area (Å²) in [6.07, 6.45) is -12.2. The second-order valence-corrected chi connectivity index (χ2v) is 3.51. The Morgan fingerprint density at radius 1 is 0.938 bits per heavy atom. The Morgan fingerprint density at radius 3 is 1.56 bits per heavy atom. The molecule has 0 spiro atoms. The topological polar surface area (TPSA) is 9.23 Å². The highest BCUT2D eigenvalue weighted by Gasteiger charge is 2.69. The Labute approximate surface area is 89.3 Å². The molecule has 0 heterocycles. The van der Waals surface area contributed by atoms with E-state index >= 15 is 0 Å². The first-order valence-electron chi connectivity index (χ1n) is 3.74. The van der Waals surface area contributed by atoms with Gasteiger partial charge in [-0.25, -0.2) is 0 Å². The summed E-state index contributed by atoms with van der Waals surface area (Å²) in [5.41, 5.74) is 0. The standard InChI is InChI=1S/C6H6F8OS/c1-2-15-16-6(13,14)3(4(7,8)9)5(10,11)12/h3H,2H2,1H3. The van der Waals surface area contributed by atoms with Gasteiger partial charge in [-0.15, -0.1) is 0 Å². The van der Waals surface area contributed by atoms with E-state index in [0.29, 0.717) is 0 Å². The molecular formula is C6H6F8OS. The molecule has 0 aromatic heterocycles. The van der Waals surface area contributed by atoms with Crippen LogP contribution in [0.25, 0.3) is 0 Å². The van der Waals surface area contributed by atoms with E-state index in [9.17, 15) is 35.1 Å². The molecule has 0 radical (unpaired) electrons. The molecule has 0 aromatic carbocycles. The summed E-state index contributed by atoms with van der Waals surface area (Å²) in [4.78, 5) is 0. The normalized spacial score (nSPS) is 14.6. The summed E-state index contributed by atoms with van der Waals surface area (Å²) in [6, 6.07) is 0. The van der Waals surface area contributed by atoms with Crippen LogP contribution in [0.3, 0.4) is 0 Å². The number of hydrogen-bond donors (Lipinski definition) is 0. The maximum atomic E-state index is 12.7. The molecule has 0 bridgehead atoms. The SMILES string of the molecule is CCOSC(F)(F)C(C(F)(F)F)C(F)(F)F. The molecule has 0 fully saturated rings. The summed E-state index contributed by atoms with van der Waals surface area (Å²) in [5, 5.41) is -5.12. The van der Waals surface area contributed by atoms with Gasteiger partial charge in [-0.05, 0) is 6.92 Å². The van der Waals surface area contributed by atoms with E-state index < -0.39 is 42.2 Å². The van der Waals surface area contributed by atoms with Gasteiger partial charge in [0.2, 0.25) is 5.92 Å². The largest absolute Gasteiger partial charge is 0.407 e. The van der Waals surface area contributed by atoms with Crippen molar-refractivity contribution in [3.05, 3.63) is 0 Å². The zero-order valence-corrected chi connectivity index (χ0v) is 8.44. The third-order valence-electron chi connectivity index (χ3n) is 1.28. The molecule has 0 unspecified atom stereocenters. The fourth-order valence-electron chi connectivity index (χ4n) is 0.752. The quantitative estimate of drug-likeness (QED) is 0.567. The van der Waals surface area contributed by atoms with Crippen LogP contribution in [0.2, 0.25) is 0 Å². The summed E-state index contributed by atoms with van der Waals surface area (Å²) in [7, 11) is 0. The van der Waals surface area contributed by atoms with Crippen molar-refractivity contribution in [1.29, 1.82) is 0 Å². The van der Waals surface area contributed by atoms with Gasteiger partial charge >= 0.3 is 17.6 Å². The van der Waals surface area contributed by atoms with Crippen molar-refractivity contribution in [2.24, 2.45) is 5.92 Å². The van der Waals surface area contributed by atoms with Crippen molar-refractivity contribution >= 4 is 12.0 Å². The highest BCUT2D eigenvalue weighted by atomic mass is 32.2. The van der Waals surface area contributed by atoms with Gasteiger partial charge in [-0.2, -0.15) is 35.1 Å². The molecule has 0 aliphatic carbocycles. The molecule has 0 rings (SSSR count). The third kappa shape index (κ3) is 4.32. The lowest BCUT2D eigenvalue weighted by atomic mass is 10.1. The lowest BCUT2D eigenvalue weighted by Gasteiger charge is -2.28. The van der Waals surface area contributed by atoms with Crippen LogP contribution in [0.4, 0.5) is 35.1 Å². The minimum Gasteiger partial charge on any atom is -0.310 e. The van der Waals surface area contributed by atoms with Crippen LogP contribution in [0.5, 0.6) is 0 Å². The minimum absolute atomic E-state index is 0.442. The highest BCUT2D eigenvalue weighted by molar-refractivity contribution is 7.95. The molecule has 0 saturated carbocycles. The van der Waals surface area contributed by atoms with Crippen molar-refractivity contribution in [3.63, 3.8) is 0 Å². The molecule has 0 aliphatic rings. The van der Waals surface area contributed by atoms with Gasteiger partial charge in [0.05, 0.1) is 18.6 Å². The van der Waals surface area contributed by atoms with Crippen molar-refractivity contribution in [2.45, 2.75) is 24.5 Å². The van der Waals surface area contributed by atoms with Gasteiger partial charge in [0.25, 0.3) is 0 Å². The Balaban J connectivity index is 5.04. The molecule has 0 aliphatic heterocycles. The molecule has 0 aromatic rings. The Morgan fingerprint density at radius 2 is 1.31 bits per heavy atom. The zero-order chi connectivity index (χ0) is 13.2. The predicted octanol–water partition coefficient (Wildman–Crippen LogP) is 4.00. The van der Waals surface area contributed by atoms with Crippen LogP contribution in [0, 0.1) is 5.92 Å². The van der Waals surface area contributed by atoms with Crippen molar-refractivity contribution < 1.29 is 39.3 Å². The molecule has 16 heavy (non-hydrogen) atoms. The Hall–Kier alpha value is -0.250. The Kier molecular flexibility index (Phi) is 4.87. The van der Waals surface area contributed by atoms with Crippen LogP contribution in [0.15, 0.2) is 0 Å². The third-order valence-corrected chi connectivity index (χ3v) is 2.09. The van der Waals surface area contributed by atoms with Gasteiger partial charge < -0.3 is 4.18 Å². The van der Waals surface area contributed by atoms with Gasteiger partial charge in [-0.3, -0.25) is 0 Å². The fraction of sp³-hybridized carbons (Fsp3) is 1.00. The first-order chi connectivity index (χ1) is 6.93. The van der Waals surface area contributed by atoms with Gasteiger partial charge in [0.15, 0.2) is 0 Å². The van der Waals surface area contributed by atoms with E-state index in [1.807, 2.05) is 0 Å². The van der Waals surface area contributed by atoms with Gasteiger partial charge in [-0.1, -0.05) is 0 Å². The molecule has 1 nitrogen and oxygen atoms in total. The molecule has 0 N–H and O–H groups in total. The van der Waals surface area contributed by atoms with E-state index in [2.05, 4.69) is 4.18 Å². The van der Waals surface area contributed by atoms with Crippen LogP contribution in [0.1, 0.15) is 6.92 Å². The minimum atomic E-state index is -6.09. The first kappa shape index (κ1) is 15.8. The highest BCUT2D eigenvalue weighted by Crippen LogP contribution is 2.52. The molecule has 10 heteroatoms. The second kappa shape index (κ2) is 4.94. The van der Waals surface area contributed by atoms with Crippen molar-refractivity contribution in [3.8, 4) is 0 Å². The summed E-state index contributed by atoms with van der Waals surface area (Å²) < 4.78 is 100. The molecule has 0 atom stereocenters. The van der Waals surface area contributed by atoms with E-state index in [4.69, 9.17) is 0 Å². The van der Waals surface area contributed by atoms with Crippen LogP contribution in [-0.2, 0) is 4.18 Å². The van der Waals surface area contributed by atoms with Crippen LogP contribution < -0.4 is 0 Å². The lowest BCUT2D eigenvalue weighted by molar-refractivity contribution is -0.319. The first-order valence-corrected chi connectivity index (χ1v) is 4.49. The van der Waals surface area contributed by atoms with E-state index in [1.54, 1.807) is 0 Å². The average Bonchev–Trinajstić information content (AvgIpc) is 1.93. The maximum Gasteiger partial charge on any atom is 0.407 e. The summed E-state index contributed by atoms with van der Waals surface area (Å²) in [5.74, 6) is -4.75. The average molecular weight is 278 g/mol. The van der Waals surface area contributed by atoms with Gasteiger partial charge in [0.1, 0.15) is 0 Å². The van der Waals surface area contributed by atoms with Crippen molar-refractivity contribution in [1.82, 2.24) is 0 Å². The van der Waals surface area contributed by atoms with E-state index in [1.165, 1.54) is 0 Å². The predicted molar refractivity (Wildman–Crippen MR) is 39.8 cm³/mol. The van der Waals surface area contributed by atoms with Crippen LogP contribution >= 0.6 is 12.0 Å². The van der Waals surface area contributed by atoms with Crippen molar-refractivity contribution in [2.75, 3.05) is 6.61 Å². The zero-order valence-electron chi connectivity index (χ0n) is 7.62. The lowest BCUT2D eigenvalue weighted by Crippen LogP contribution is -2.47. The number of rotatable bonds is 4.